The van der Waals surface area contributed by atoms with Crippen molar-refractivity contribution in [1.29, 1.82) is 0 Å². The molecule has 4 aliphatic carbocycles. The van der Waals surface area contributed by atoms with Crippen LogP contribution in [0.1, 0.15) is 98.3 Å². The highest BCUT2D eigenvalue weighted by Gasteiger charge is 2.67. The van der Waals surface area contributed by atoms with Crippen molar-refractivity contribution in [2.45, 2.75) is 110 Å². The molecule has 4 rings (SSSR count). The van der Waals surface area contributed by atoms with Crippen LogP contribution in [0.3, 0.4) is 0 Å². The minimum atomic E-state index is -1.35. The van der Waals surface area contributed by atoms with Crippen LogP contribution in [0.15, 0.2) is 0 Å². The highest BCUT2D eigenvalue weighted by Crippen LogP contribution is 2.68. The number of carbonyl (C=O) groups excluding carboxylic acids is 2. The van der Waals surface area contributed by atoms with Gasteiger partial charge in [0.25, 0.3) is 0 Å². The molecular formula is C28H46O5. The molecule has 5 heteroatoms. The summed E-state index contributed by atoms with van der Waals surface area (Å²) in [7, 11) is 1.46. The molecule has 0 spiro atoms. The molecule has 4 saturated carbocycles. The van der Waals surface area contributed by atoms with Crippen LogP contribution in [-0.2, 0) is 14.3 Å². The summed E-state index contributed by atoms with van der Waals surface area (Å²) in [6.07, 6.45) is 9.34. The maximum atomic E-state index is 13.4. The van der Waals surface area contributed by atoms with Gasteiger partial charge in [-0.2, -0.15) is 0 Å². The van der Waals surface area contributed by atoms with Crippen LogP contribution in [0.5, 0.6) is 0 Å². The van der Waals surface area contributed by atoms with Crippen molar-refractivity contribution in [3.8, 4) is 0 Å². The molecule has 0 amide bonds. The first kappa shape index (κ1) is 25.2. The fourth-order valence-electron chi connectivity index (χ4n) is 9.26. The molecule has 4 fully saturated rings. The number of rotatable bonds is 6. The van der Waals surface area contributed by atoms with Crippen LogP contribution in [0.4, 0.5) is 0 Å². The van der Waals surface area contributed by atoms with E-state index in [9.17, 15) is 19.8 Å². The molecule has 0 heterocycles. The van der Waals surface area contributed by atoms with Gasteiger partial charge in [0.05, 0.1) is 19.1 Å². The molecule has 5 nitrogen and oxygen atoms in total. The van der Waals surface area contributed by atoms with Gasteiger partial charge in [-0.05, 0) is 80.0 Å². The Bertz CT molecular complexity index is 765. The first-order valence-electron chi connectivity index (χ1n) is 13.5. The molecule has 4 aliphatic rings. The summed E-state index contributed by atoms with van der Waals surface area (Å²) in [4.78, 5) is 25.1. The SMILES string of the molecule is COC(=O)C(C)CCC[C@@H](C)[C@H]1CC[C@H]2[C@@H]3CC(=O)[C@@]4(O)C[C@@H](O)CC[C@]4(C)[C@H]3CC[C@]12C. The lowest BCUT2D eigenvalue weighted by molar-refractivity contribution is -0.213. The number of fused-ring (bicyclic) bond motifs is 5. The van der Waals surface area contributed by atoms with E-state index >= 15 is 0 Å². The Morgan fingerprint density at radius 1 is 1.09 bits per heavy atom. The smallest absolute Gasteiger partial charge is 0.308 e. The van der Waals surface area contributed by atoms with E-state index in [0.29, 0.717) is 42.4 Å². The van der Waals surface area contributed by atoms with Gasteiger partial charge in [0.2, 0.25) is 0 Å². The number of ether oxygens (including phenoxy) is 1. The monoisotopic (exact) mass is 462 g/mol. The Morgan fingerprint density at radius 2 is 1.82 bits per heavy atom. The minimum Gasteiger partial charge on any atom is -0.469 e. The maximum absolute atomic E-state index is 13.4. The molecular weight excluding hydrogens is 416 g/mol. The fourth-order valence-corrected chi connectivity index (χ4v) is 9.26. The molecule has 0 bridgehead atoms. The predicted octanol–water partition coefficient (Wildman–Crippen LogP) is 4.92. The maximum Gasteiger partial charge on any atom is 0.308 e. The second kappa shape index (κ2) is 8.93. The number of methoxy groups -OCH3 is 1. The van der Waals surface area contributed by atoms with Gasteiger partial charge in [-0.1, -0.05) is 40.5 Å². The van der Waals surface area contributed by atoms with E-state index in [1.54, 1.807) is 0 Å². The van der Waals surface area contributed by atoms with Crippen LogP contribution in [0, 0.1) is 46.3 Å². The Labute approximate surface area is 200 Å². The van der Waals surface area contributed by atoms with Gasteiger partial charge >= 0.3 is 5.97 Å². The van der Waals surface area contributed by atoms with Crippen molar-refractivity contribution in [2.24, 2.45) is 46.3 Å². The Morgan fingerprint density at radius 3 is 2.52 bits per heavy atom. The number of ketones is 1. The quantitative estimate of drug-likeness (QED) is 0.548. The summed E-state index contributed by atoms with van der Waals surface area (Å²) >= 11 is 0. The number of Topliss-reactive ketones (excluding diaryl/α,β-unsaturated/α-hetero) is 1. The third-order valence-corrected chi connectivity index (χ3v) is 11.3. The van der Waals surface area contributed by atoms with Crippen LogP contribution >= 0.6 is 0 Å². The lowest BCUT2D eigenvalue weighted by Crippen LogP contribution is -2.67. The summed E-state index contributed by atoms with van der Waals surface area (Å²) < 4.78 is 4.88. The standard InChI is InChI=1S/C28H46O5/c1-17(7-6-8-18(2)25(31)33-5)21-9-10-22-20-15-24(30)28(32)16-19(29)11-14-27(28,4)23(20)12-13-26(21,22)3/h17-23,29,32H,6-16H2,1-5H3/t17-,18?,19+,20+,21-,22+,23+,26-,27-,28+/m1/s1. The van der Waals surface area contributed by atoms with Crippen molar-refractivity contribution in [3.63, 3.8) is 0 Å². The van der Waals surface area contributed by atoms with E-state index < -0.39 is 17.1 Å². The fraction of sp³-hybridized carbons (Fsp3) is 0.929. The summed E-state index contributed by atoms with van der Waals surface area (Å²) in [6, 6.07) is 0. The molecule has 0 aromatic carbocycles. The van der Waals surface area contributed by atoms with Gasteiger partial charge in [0, 0.05) is 18.3 Å². The number of hydrogen-bond acceptors (Lipinski definition) is 5. The van der Waals surface area contributed by atoms with E-state index in [4.69, 9.17) is 4.74 Å². The molecule has 0 aromatic heterocycles. The van der Waals surface area contributed by atoms with Crippen LogP contribution < -0.4 is 0 Å². The van der Waals surface area contributed by atoms with Gasteiger partial charge in [0.15, 0.2) is 5.78 Å². The van der Waals surface area contributed by atoms with E-state index in [2.05, 4.69) is 20.8 Å². The summed E-state index contributed by atoms with van der Waals surface area (Å²) in [6.45, 7) is 8.98. The Kier molecular flexibility index (Phi) is 6.81. The number of aliphatic hydroxyl groups is 2. The third-order valence-electron chi connectivity index (χ3n) is 11.3. The van der Waals surface area contributed by atoms with Crippen LogP contribution in [0.25, 0.3) is 0 Å². The van der Waals surface area contributed by atoms with Crippen molar-refractivity contribution in [1.82, 2.24) is 0 Å². The second-order valence-corrected chi connectivity index (χ2v) is 12.7. The van der Waals surface area contributed by atoms with E-state index in [1.165, 1.54) is 26.4 Å². The predicted molar refractivity (Wildman–Crippen MR) is 127 cm³/mol. The van der Waals surface area contributed by atoms with Gasteiger partial charge in [-0.15, -0.1) is 0 Å². The Balaban J connectivity index is 1.46. The molecule has 0 aromatic rings. The lowest BCUT2D eigenvalue weighted by atomic mass is 9.42. The molecule has 10 atom stereocenters. The largest absolute Gasteiger partial charge is 0.469 e. The van der Waals surface area contributed by atoms with Gasteiger partial charge < -0.3 is 14.9 Å². The highest BCUT2D eigenvalue weighted by molar-refractivity contribution is 5.89. The molecule has 33 heavy (non-hydrogen) atoms. The average molecular weight is 463 g/mol. The third kappa shape index (κ3) is 3.90. The van der Waals surface area contributed by atoms with Gasteiger partial charge in [-0.3, -0.25) is 9.59 Å². The number of esters is 1. The van der Waals surface area contributed by atoms with Gasteiger partial charge in [-0.25, -0.2) is 0 Å². The summed E-state index contributed by atoms with van der Waals surface area (Å²) in [5.41, 5.74) is -1.49. The highest BCUT2D eigenvalue weighted by atomic mass is 16.5. The summed E-state index contributed by atoms with van der Waals surface area (Å²) in [5.74, 6) is 2.41. The van der Waals surface area contributed by atoms with Crippen molar-refractivity contribution >= 4 is 11.8 Å². The van der Waals surface area contributed by atoms with Crippen molar-refractivity contribution in [2.75, 3.05) is 7.11 Å². The summed E-state index contributed by atoms with van der Waals surface area (Å²) in [5, 5.41) is 21.8. The van der Waals surface area contributed by atoms with Gasteiger partial charge in [0.1, 0.15) is 5.60 Å². The topological polar surface area (TPSA) is 83.8 Å². The van der Waals surface area contributed by atoms with Crippen LogP contribution in [0.2, 0.25) is 0 Å². The first-order chi connectivity index (χ1) is 15.5. The zero-order chi connectivity index (χ0) is 24.2. The molecule has 0 radical (unpaired) electrons. The molecule has 1 unspecified atom stereocenters. The van der Waals surface area contributed by atoms with E-state index in [-0.39, 0.29) is 29.5 Å². The molecule has 2 N–H and O–H groups in total. The zero-order valence-corrected chi connectivity index (χ0v) is 21.4. The molecule has 0 saturated heterocycles. The van der Waals surface area contributed by atoms with E-state index in [0.717, 1.165) is 32.1 Å². The van der Waals surface area contributed by atoms with Crippen molar-refractivity contribution < 1.29 is 24.5 Å². The van der Waals surface area contributed by atoms with Crippen LogP contribution in [-0.4, -0.2) is 40.8 Å². The average Bonchev–Trinajstić information content (AvgIpc) is 3.12. The minimum absolute atomic E-state index is 0.0115. The number of aliphatic hydroxyl groups excluding tert-OH is 1. The lowest BCUT2D eigenvalue weighted by Gasteiger charge is -2.63. The van der Waals surface area contributed by atoms with Crippen molar-refractivity contribution in [3.05, 3.63) is 0 Å². The number of carbonyl (C=O) groups is 2. The zero-order valence-electron chi connectivity index (χ0n) is 21.4. The molecule has 0 aliphatic heterocycles. The Hall–Kier alpha value is -0.940. The number of hydrogen-bond donors (Lipinski definition) is 2. The van der Waals surface area contributed by atoms with E-state index in [1.807, 2.05) is 6.92 Å². The first-order valence-corrected chi connectivity index (χ1v) is 13.5. The second-order valence-electron chi connectivity index (χ2n) is 12.7. The molecule has 188 valence electrons. The normalized spacial score (nSPS) is 46.6.